The number of rotatable bonds is 2. The summed E-state index contributed by atoms with van der Waals surface area (Å²) < 4.78 is 45.6. The van der Waals surface area contributed by atoms with E-state index in [1.165, 1.54) is 12.3 Å². The third kappa shape index (κ3) is 2.98. The first kappa shape index (κ1) is 15.8. The third-order valence-corrected chi connectivity index (χ3v) is 5.66. The van der Waals surface area contributed by atoms with Gasteiger partial charge >= 0.3 is 0 Å². The van der Waals surface area contributed by atoms with Crippen LogP contribution in [0.15, 0.2) is 71.3 Å². The van der Waals surface area contributed by atoms with Crippen LogP contribution in [-0.2, 0) is 7.05 Å². The second kappa shape index (κ2) is 7.07. The van der Waals surface area contributed by atoms with Crippen LogP contribution in [0.1, 0.15) is 20.8 Å². The number of aryl methyl sites for hydroxylation is 3. The molecule has 0 unspecified atom stereocenters. The van der Waals surface area contributed by atoms with E-state index in [9.17, 15) is 9.65 Å². The van der Waals surface area contributed by atoms with Crippen molar-refractivity contribution in [2.24, 2.45) is 7.05 Å². The van der Waals surface area contributed by atoms with Crippen molar-refractivity contribution < 1.29 is 17.5 Å². The van der Waals surface area contributed by atoms with E-state index in [2.05, 4.69) is 6.07 Å². The van der Waals surface area contributed by atoms with Crippen molar-refractivity contribution in [2.75, 3.05) is 0 Å². The van der Waals surface area contributed by atoms with Crippen molar-refractivity contribution in [1.29, 1.82) is 5.26 Å². The van der Waals surface area contributed by atoms with E-state index in [0.29, 0.717) is 33.4 Å². The van der Waals surface area contributed by atoms with E-state index in [0.717, 1.165) is 22.1 Å². The van der Waals surface area contributed by atoms with E-state index in [-0.39, 0.29) is 5.56 Å². The molecule has 5 aromatic rings. The van der Waals surface area contributed by atoms with Crippen molar-refractivity contribution in [1.82, 2.24) is 0 Å². The minimum absolute atomic E-state index is 0.340. The summed E-state index contributed by atoms with van der Waals surface area (Å²) in [6, 6.07) is 20.8. The Labute approximate surface area is 183 Å². The maximum absolute atomic E-state index is 14.9. The van der Waals surface area contributed by atoms with Gasteiger partial charge in [0, 0.05) is 26.5 Å². The lowest BCUT2D eigenvalue weighted by atomic mass is 9.97. The van der Waals surface area contributed by atoms with E-state index in [1.807, 2.05) is 61.5 Å². The molecule has 2 heterocycles. The van der Waals surface area contributed by atoms with Crippen molar-refractivity contribution in [3.05, 3.63) is 89.4 Å². The van der Waals surface area contributed by atoms with E-state index >= 15 is 0 Å². The molecule has 0 saturated heterocycles. The van der Waals surface area contributed by atoms with Gasteiger partial charge in [0.1, 0.15) is 24.0 Å². The normalized spacial score (nSPS) is 13.0. The van der Waals surface area contributed by atoms with Crippen LogP contribution < -0.4 is 4.57 Å². The van der Waals surface area contributed by atoms with E-state index < -0.39 is 12.7 Å². The number of benzene rings is 3. The molecule has 3 nitrogen and oxygen atoms in total. The monoisotopic (exact) mass is 410 g/mol. The van der Waals surface area contributed by atoms with Gasteiger partial charge in [0.2, 0.25) is 5.69 Å². The number of nitrogens with zero attached hydrogens (tertiary/aromatic N) is 2. The minimum Gasteiger partial charge on any atom is -0.455 e. The molecule has 0 spiro atoms. The zero-order chi connectivity index (χ0) is 24.2. The molecule has 2 aromatic heterocycles. The molecule has 0 fully saturated rings. The van der Waals surface area contributed by atoms with Gasteiger partial charge in [0.25, 0.3) is 0 Å². The van der Waals surface area contributed by atoms with Gasteiger partial charge < -0.3 is 4.42 Å². The van der Waals surface area contributed by atoms with Crippen molar-refractivity contribution >= 4 is 21.9 Å². The number of hydrogen-bond donors (Lipinski definition) is 0. The lowest BCUT2D eigenvalue weighted by Crippen LogP contribution is -2.31. The quantitative estimate of drug-likeness (QED) is 0.317. The predicted octanol–water partition coefficient (Wildman–Crippen LogP) is 6.37. The van der Waals surface area contributed by atoms with Crippen LogP contribution in [0.3, 0.4) is 0 Å². The molecular formula is C27H20FN2O+. The van der Waals surface area contributed by atoms with Crippen LogP contribution in [0.4, 0.5) is 4.39 Å². The lowest BCUT2D eigenvalue weighted by Gasteiger charge is -2.06. The van der Waals surface area contributed by atoms with E-state index in [1.54, 1.807) is 11.6 Å². The third-order valence-electron chi connectivity index (χ3n) is 5.66. The molecule has 0 saturated carbocycles. The molecule has 0 aliphatic carbocycles. The Morgan fingerprint density at radius 2 is 1.84 bits per heavy atom. The summed E-state index contributed by atoms with van der Waals surface area (Å²) in [5, 5.41) is 11.4. The van der Waals surface area contributed by atoms with E-state index in [4.69, 9.17) is 8.53 Å². The molecule has 0 bridgehead atoms. The summed E-state index contributed by atoms with van der Waals surface area (Å²) in [5.41, 5.74) is 5.02. The van der Waals surface area contributed by atoms with Crippen LogP contribution in [0, 0.1) is 30.9 Å². The molecular weight excluding hydrogens is 387 g/mol. The number of pyridine rings is 1. The fourth-order valence-electron chi connectivity index (χ4n) is 4.14. The summed E-state index contributed by atoms with van der Waals surface area (Å²) >= 11 is 0. The maximum Gasteiger partial charge on any atom is 0.219 e. The smallest absolute Gasteiger partial charge is 0.219 e. The Hall–Kier alpha value is -3.97. The van der Waals surface area contributed by atoms with Gasteiger partial charge in [-0.25, -0.2) is 8.96 Å². The molecule has 5 rings (SSSR count). The minimum atomic E-state index is -2.56. The molecule has 0 N–H and O–H groups in total. The lowest BCUT2D eigenvalue weighted by molar-refractivity contribution is -0.661. The topological polar surface area (TPSA) is 40.8 Å². The highest BCUT2D eigenvalue weighted by Crippen LogP contribution is 2.40. The number of furan rings is 1. The Bertz CT molecular complexity index is 1630. The first-order valence-electron chi connectivity index (χ1n) is 11.3. The fourth-order valence-corrected chi connectivity index (χ4v) is 4.14. The van der Waals surface area contributed by atoms with Crippen LogP contribution in [0.25, 0.3) is 44.3 Å². The van der Waals surface area contributed by atoms with Crippen molar-refractivity contribution in [3.8, 4) is 28.5 Å². The standard InChI is InChI=1S/C27H20FN2O/c1-16-9-10-21-26-20(14-29)11-19(18-7-5-4-6-8-18)12-24(26)31-27(21)25(16)23-13-22(28)17(2)15-30(23)3/h4-13,15H,1-3H3/q+1/i2D3. The highest BCUT2D eigenvalue weighted by Gasteiger charge is 2.23. The van der Waals surface area contributed by atoms with Gasteiger partial charge in [-0.05, 0) is 42.6 Å². The summed E-state index contributed by atoms with van der Waals surface area (Å²) in [4.78, 5) is 0. The predicted molar refractivity (Wildman–Crippen MR) is 120 cm³/mol. The maximum atomic E-state index is 14.9. The van der Waals surface area contributed by atoms with Crippen LogP contribution in [-0.4, -0.2) is 0 Å². The van der Waals surface area contributed by atoms with Gasteiger partial charge in [0.15, 0.2) is 6.20 Å². The largest absolute Gasteiger partial charge is 0.455 e. The van der Waals surface area contributed by atoms with Gasteiger partial charge in [0.05, 0.1) is 17.2 Å². The van der Waals surface area contributed by atoms with Crippen molar-refractivity contribution in [2.45, 2.75) is 13.8 Å². The summed E-state index contributed by atoms with van der Waals surface area (Å²) in [7, 11) is 1.68. The Kier molecular flexibility index (Phi) is 3.61. The SMILES string of the molecule is [2H]C([2H])([2H])c1c[n+](C)c(-c2c(C)ccc3c2oc2cc(-c4ccccc4)cc(C#N)c23)cc1F. The summed E-state index contributed by atoms with van der Waals surface area (Å²) in [6.45, 7) is -0.672. The Morgan fingerprint density at radius 3 is 2.58 bits per heavy atom. The Morgan fingerprint density at radius 1 is 1.03 bits per heavy atom. The molecule has 0 aliphatic rings. The number of hydrogen-bond acceptors (Lipinski definition) is 2. The first-order chi connectivity index (χ1) is 16.2. The molecule has 4 heteroatoms. The van der Waals surface area contributed by atoms with Crippen LogP contribution in [0.5, 0.6) is 0 Å². The number of halogens is 1. The molecule has 0 atom stereocenters. The number of aromatic nitrogens is 1. The number of nitriles is 1. The fraction of sp³-hybridized carbons (Fsp3) is 0.111. The second-order valence-electron chi connectivity index (χ2n) is 7.64. The Balaban J connectivity index is 1.82. The molecule has 3 aromatic carbocycles. The zero-order valence-corrected chi connectivity index (χ0v) is 17.0. The molecule has 0 radical (unpaired) electrons. The van der Waals surface area contributed by atoms with Gasteiger partial charge in [-0.15, -0.1) is 0 Å². The van der Waals surface area contributed by atoms with Crippen LogP contribution in [0.2, 0.25) is 0 Å². The highest BCUT2D eigenvalue weighted by atomic mass is 19.1. The number of fused-ring (bicyclic) bond motifs is 3. The molecule has 31 heavy (non-hydrogen) atoms. The summed E-state index contributed by atoms with van der Waals surface area (Å²) in [5.74, 6) is -0.801. The molecule has 0 amide bonds. The van der Waals surface area contributed by atoms with Gasteiger partial charge in [-0.1, -0.05) is 42.5 Å². The average molecular weight is 410 g/mol. The zero-order valence-electron chi connectivity index (χ0n) is 20.0. The van der Waals surface area contributed by atoms with Crippen molar-refractivity contribution in [3.63, 3.8) is 0 Å². The molecule has 150 valence electrons. The first-order valence-corrected chi connectivity index (χ1v) is 9.84. The van der Waals surface area contributed by atoms with Gasteiger partial charge in [-0.3, -0.25) is 0 Å². The average Bonchev–Trinajstić information content (AvgIpc) is 3.18. The van der Waals surface area contributed by atoms with Gasteiger partial charge in [-0.2, -0.15) is 5.26 Å². The molecule has 0 aliphatic heterocycles. The van der Waals surface area contributed by atoms with Crippen LogP contribution >= 0.6 is 0 Å². The second-order valence-corrected chi connectivity index (χ2v) is 7.64. The summed E-state index contributed by atoms with van der Waals surface area (Å²) in [6.07, 6.45) is 1.30. The highest BCUT2D eigenvalue weighted by molar-refractivity contribution is 6.12.